The molecule has 5 N–H and O–H groups in total. The maximum absolute atomic E-state index is 13.7. The predicted octanol–water partition coefficient (Wildman–Crippen LogP) is 2.55. The van der Waals surface area contributed by atoms with E-state index in [0.29, 0.717) is 40.9 Å². The lowest BCUT2D eigenvalue weighted by atomic mass is 9.46. The molecule has 12 heteroatoms. The van der Waals surface area contributed by atoms with Crippen LogP contribution >= 0.6 is 0 Å². The first-order valence-corrected chi connectivity index (χ1v) is 14.7. The molecule has 6 rings (SSSR count). The second-order valence-electron chi connectivity index (χ2n) is 13.3. The zero-order valence-electron chi connectivity index (χ0n) is 24.3. The summed E-state index contributed by atoms with van der Waals surface area (Å²) < 4.78 is 32.7. The first kappa shape index (κ1) is 30.9. The van der Waals surface area contributed by atoms with Gasteiger partial charge in [-0.15, -0.1) is 0 Å². The third-order valence-corrected chi connectivity index (χ3v) is 11.4. The van der Waals surface area contributed by atoms with E-state index in [1.165, 1.54) is 5.57 Å². The van der Waals surface area contributed by atoms with Crippen molar-refractivity contribution in [3.63, 3.8) is 0 Å². The third-order valence-electron chi connectivity index (χ3n) is 11.4. The molecule has 0 amide bonds. The number of carbonyl (C=O) groups is 2. The number of aliphatic hydroxyl groups excluding tert-OH is 2. The van der Waals surface area contributed by atoms with E-state index in [4.69, 9.17) is 15.6 Å². The number of rotatable bonds is 3. The Morgan fingerprint density at radius 1 is 1.14 bits per heavy atom. The van der Waals surface area contributed by atoms with Gasteiger partial charge < -0.3 is 25.8 Å². The number of nitrogens with zero attached hydrogens (tertiary/aromatic N) is 2. The SMILES string of the molecule is CC(=O)[C@@]1(O)CC[C@H]2[C@@H]3CCC4=CC(=O)CC[C@]4(C)[C@H]3CC[C@@]21C.Nc1ccn([C@@H]2O[C@H](CO)[C@@H](O)C2(F)F)c(=O)n1. The quantitative estimate of drug-likeness (QED) is 0.412. The first-order valence-electron chi connectivity index (χ1n) is 14.7. The monoisotopic (exact) mass is 593 g/mol. The fourth-order valence-corrected chi connectivity index (χ4v) is 8.88. The van der Waals surface area contributed by atoms with Gasteiger partial charge >= 0.3 is 11.6 Å². The molecule has 4 aliphatic carbocycles. The molecule has 1 aromatic rings. The van der Waals surface area contributed by atoms with Crippen molar-refractivity contribution < 1.29 is 38.4 Å². The normalized spacial score (nSPS) is 42.0. The molecule has 5 aliphatic rings. The molecule has 4 fully saturated rings. The lowest BCUT2D eigenvalue weighted by molar-refractivity contribution is -0.160. The van der Waals surface area contributed by atoms with Gasteiger partial charge in [-0.1, -0.05) is 19.4 Å². The van der Waals surface area contributed by atoms with Crippen LogP contribution in [0, 0.1) is 28.6 Å². The van der Waals surface area contributed by atoms with Crippen LogP contribution in [0.3, 0.4) is 0 Å². The second-order valence-corrected chi connectivity index (χ2v) is 13.3. The van der Waals surface area contributed by atoms with E-state index in [1.807, 2.05) is 6.08 Å². The van der Waals surface area contributed by atoms with Crippen LogP contribution in [-0.4, -0.2) is 66.8 Å². The number of halogens is 2. The number of hydrogen-bond donors (Lipinski definition) is 4. The lowest BCUT2D eigenvalue weighted by Gasteiger charge is -2.58. The molecule has 232 valence electrons. The number of ketones is 2. The fourth-order valence-electron chi connectivity index (χ4n) is 8.88. The largest absolute Gasteiger partial charge is 0.394 e. The number of aromatic nitrogens is 2. The van der Waals surface area contributed by atoms with Crippen LogP contribution < -0.4 is 11.4 Å². The standard InChI is InChI=1S/C21H30O3.C9H11F2N3O4/c1-13(22)21(24)11-8-18-16-5-4-14-12-15(23)6-9-19(14,2)17(16)7-10-20(18,21)3;10-9(11)6(16)4(3-15)18-7(9)14-2-1-5(12)13-8(14)17/h12,16-18,24H,4-11H2,1-3H3;1-2,4,6-7,15-16H,3H2,(H2,12,13,17)/t16-,17+,18+,19+,20+,21+;4-,6-,7-/m11/s1. The number of carbonyl (C=O) groups excluding carboxylic acids is 2. The van der Waals surface area contributed by atoms with Gasteiger partial charge in [0.25, 0.3) is 0 Å². The maximum Gasteiger partial charge on any atom is 0.351 e. The summed E-state index contributed by atoms with van der Waals surface area (Å²) in [5.74, 6) is -1.93. The van der Waals surface area contributed by atoms with Crippen molar-refractivity contribution in [3.8, 4) is 0 Å². The highest BCUT2D eigenvalue weighted by molar-refractivity contribution is 5.91. The number of alkyl halides is 2. The number of nitrogen functional groups attached to an aromatic ring is 1. The van der Waals surface area contributed by atoms with Crippen molar-refractivity contribution >= 4 is 17.4 Å². The van der Waals surface area contributed by atoms with Crippen LogP contribution in [0.1, 0.15) is 78.4 Å². The van der Waals surface area contributed by atoms with Crippen LogP contribution in [0.15, 0.2) is 28.7 Å². The maximum atomic E-state index is 13.7. The molecule has 0 radical (unpaired) electrons. The average molecular weight is 594 g/mol. The van der Waals surface area contributed by atoms with Gasteiger partial charge in [0.15, 0.2) is 17.7 Å². The minimum absolute atomic E-state index is 0.0446. The van der Waals surface area contributed by atoms with Gasteiger partial charge in [-0.05, 0) is 87.2 Å². The molecule has 2 heterocycles. The predicted molar refractivity (Wildman–Crippen MR) is 147 cm³/mol. The highest BCUT2D eigenvalue weighted by atomic mass is 19.3. The molecule has 0 aromatic carbocycles. The van der Waals surface area contributed by atoms with E-state index in [9.17, 15) is 33.4 Å². The number of allylic oxidation sites excluding steroid dienone is 1. The number of anilines is 1. The molecular weight excluding hydrogens is 552 g/mol. The fraction of sp³-hybridized carbons (Fsp3) is 0.733. The molecule has 0 bridgehead atoms. The van der Waals surface area contributed by atoms with Crippen molar-refractivity contribution in [3.05, 3.63) is 34.4 Å². The Morgan fingerprint density at radius 2 is 1.83 bits per heavy atom. The molecule has 0 spiro atoms. The van der Waals surface area contributed by atoms with E-state index < -0.39 is 42.3 Å². The van der Waals surface area contributed by atoms with Crippen molar-refractivity contribution in [2.45, 2.75) is 102 Å². The number of fused-ring (bicyclic) bond motifs is 5. The number of Topliss-reactive ketones (excluding diaryl/α,β-unsaturated/α-hetero) is 1. The summed E-state index contributed by atoms with van der Waals surface area (Å²) in [6.07, 6.45) is 4.68. The highest BCUT2D eigenvalue weighted by Gasteiger charge is 2.65. The van der Waals surface area contributed by atoms with Crippen LogP contribution in [-0.2, 0) is 14.3 Å². The van der Waals surface area contributed by atoms with E-state index in [2.05, 4.69) is 18.8 Å². The second kappa shape index (κ2) is 10.6. The summed E-state index contributed by atoms with van der Waals surface area (Å²) in [6, 6.07) is 1.15. The Morgan fingerprint density at radius 3 is 2.45 bits per heavy atom. The summed E-state index contributed by atoms with van der Waals surface area (Å²) in [5.41, 5.74) is 4.36. The van der Waals surface area contributed by atoms with E-state index in [1.54, 1.807) is 6.92 Å². The van der Waals surface area contributed by atoms with Crippen molar-refractivity contribution in [2.24, 2.45) is 28.6 Å². The van der Waals surface area contributed by atoms with Crippen LogP contribution in [0.25, 0.3) is 0 Å². The van der Waals surface area contributed by atoms with Gasteiger partial charge in [0.05, 0.1) is 6.61 Å². The van der Waals surface area contributed by atoms with Gasteiger partial charge in [-0.2, -0.15) is 13.8 Å². The molecule has 10 nitrogen and oxygen atoms in total. The van der Waals surface area contributed by atoms with Crippen molar-refractivity contribution in [1.82, 2.24) is 9.55 Å². The first-order chi connectivity index (χ1) is 19.6. The number of aliphatic hydroxyl groups is 3. The molecule has 42 heavy (non-hydrogen) atoms. The van der Waals surface area contributed by atoms with E-state index >= 15 is 0 Å². The van der Waals surface area contributed by atoms with Crippen molar-refractivity contribution in [2.75, 3.05) is 12.3 Å². The molecule has 1 saturated heterocycles. The van der Waals surface area contributed by atoms with Crippen molar-refractivity contribution in [1.29, 1.82) is 0 Å². The minimum atomic E-state index is -3.71. The van der Waals surface area contributed by atoms with Crippen LogP contribution in [0.4, 0.5) is 14.6 Å². The van der Waals surface area contributed by atoms with Gasteiger partial charge in [-0.3, -0.25) is 14.2 Å². The molecule has 9 atom stereocenters. The smallest absolute Gasteiger partial charge is 0.351 e. The number of nitrogens with two attached hydrogens (primary N) is 1. The van der Waals surface area contributed by atoms with Crippen LogP contribution in [0.5, 0.6) is 0 Å². The number of ether oxygens (including phenoxy) is 1. The van der Waals surface area contributed by atoms with E-state index in [-0.39, 0.29) is 22.4 Å². The van der Waals surface area contributed by atoms with Gasteiger partial charge in [-0.25, -0.2) is 4.79 Å². The van der Waals surface area contributed by atoms with Gasteiger partial charge in [0.2, 0.25) is 6.23 Å². The zero-order valence-corrected chi connectivity index (χ0v) is 24.3. The molecular formula is C30H41F2N3O7. The van der Waals surface area contributed by atoms with Crippen LogP contribution in [0.2, 0.25) is 0 Å². The van der Waals surface area contributed by atoms with E-state index in [0.717, 1.165) is 50.8 Å². The summed E-state index contributed by atoms with van der Waals surface area (Å²) in [6.45, 7) is 5.32. The summed E-state index contributed by atoms with van der Waals surface area (Å²) >= 11 is 0. The molecule has 1 aliphatic heterocycles. The lowest BCUT2D eigenvalue weighted by Crippen LogP contribution is -2.57. The summed E-state index contributed by atoms with van der Waals surface area (Å²) in [4.78, 5) is 38.8. The molecule has 0 unspecified atom stereocenters. The Balaban J connectivity index is 0.000000176. The Bertz CT molecular complexity index is 1350. The summed E-state index contributed by atoms with van der Waals surface area (Å²) in [7, 11) is 0. The third kappa shape index (κ3) is 4.56. The Hall–Kier alpha value is -2.54. The molecule has 1 aromatic heterocycles. The topological polar surface area (TPSA) is 165 Å². The highest BCUT2D eigenvalue weighted by Crippen LogP contribution is 2.67. The Labute approximate surface area is 243 Å². The Kier molecular flexibility index (Phi) is 7.78. The summed E-state index contributed by atoms with van der Waals surface area (Å²) in [5, 5.41) is 29.2. The minimum Gasteiger partial charge on any atom is -0.394 e. The zero-order chi connectivity index (χ0) is 30.8. The van der Waals surface area contributed by atoms with Gasteiger partial charge in [0.1, 0.15) is 17.5 Å². The number of hydrogen-bond acceptors (Lipinski definition) is 9. The molecule has 3 saturated carbocycles. The average Bonchev–Trinajstić information content (AvgIpc) is 3.34. The van der Waals surface area contributed by atoms with Gasteiger partial charge in [0, 0.05) is 18.0 Å².